The maximum Gasteiger partial charge on any atom is 0.303 e. The summed E-state index contributed by atoms with van der Waals surface area (Å²) in [5.74, 6) is -0.0698. The van der Waals surface area contributed by atoms with Gasteiger partial charge in [-0.05, 0) is 43.5 Å². The molecule has 0 radical (unpaired) electrons. The number of ether oxygens (including phenoxy) is 1. The number of thiocarbonyl (C=S) groups is 1. The second kappa shape index (κ2) is 9.58. The highest BCUT2D eigenvalue weighted by Gasteiger charge is 2.31. The zero-order valence-electron chi connectivity index (χ0n) is 14.1. The summed E-state index contributed by atoms with van der Waals surface area (Å²) in [4.78, 5) is 25.2. The lowest BCUT2D eigenvalue weighted by Crippen LogP contribution is -2.29. The molecule has 0 atom stereocenters. The summed E-state index contributed by atoms with van der Waals surface area (Å²) in [6, 6.07) is 7.56. The number of benzene rings is 1. The van der Waals surface area contributed by atoms with Crippen LogP contribution in [0.25, 0.3) is 6.08 Å². The molecule has 2 rings (SSSR count). The zero-order valence-corrected chi connectivity index (χ0v) is 15.7. The predicted octanol–water partition coefficient (Wildman–Crippen LogP) is 3.93. The summed E-state index contributed by atoms with van der Waals surface area (Å²) in [6.07, 6.45) is 4.12. The van der Waals surface area contributed by atoms with E-state index in [0.29, 0.717) is 28.8 Å². The summed E-state index contributed by atoms with van der Waals surface area (Å²) in [7, 11) is 0. The van der Waals surface area contributed by atoms with E-state index in [9.17, 15) is 9.59 Å². The summed E-state index contributed by atoms with van der Waals surface area (Å²) in [6.45, 7) is 3.08. The average molecular weight is 380 g/mol. The van der Waals surface area contributed by atoms with Crippen LogP contribution in [0.1, 0.15) is 38.2 Å². The molecule has 0 bridgehead atoms. The molecular formula is C18H21NO4S2. The van der Waals surface area contributed by atoms with Crippen LogP contribution in [-0.2, 0) is 9.59 Å². The first-order valence-corrected chi connectivity index (χ1v) is 9.43. The lowest BCUT2D eigenvalue weighted by molar-refractivity contribution is -0.137. The summed E-state index contributed by atoms with van der Waals surface area (Å²) >= 11 is 6.60. The van der Waals surface area contributed by atoms with E-state index in [2.05, 4.69) is 0 Å². The van der Waals surface area contributed by atoms with E-state index in [1.165, 1.54) is 11.8 Å². The molecule has 1 aliphatic rings. The number of hydrogen-bond donors (Lipinski definition) is 1. The van der Waals surface area contributed by atoms with Crippen molar-refractivity contribution in [1.82, 2.24) is 4.90 Å². The number of rotatable bonds is 9. The van der Waals surface area contributed by atoms with Gasteiger partial charge in [0.05, 0.1) is 11.5 Å². The highest BCUT2D eigenvalue weighted by atomic mass is 32.2. The molecule has 0 saturated carbocycles. The van der Waals surface area contributed by atoms with E-state index in [-0.39, 0.29) is 12.3 Å². The number of carbonyl (C=O) groups is 2. The molecule has 0 aliphatic carbocycles. The largest absolute Gasteiger partial charge is 0.494 e. The maximum absolute atomic E-state index is 12.5. The van der Waals surface area contributed by atoms with Crippen LogP contribution in [0.4, 0.5) is 0 Å². The molecule has 1 aromatic rings. The number of hydrogen-bond acceptors (Lipinski definition) is 5. The van der Waals surface area contributed by atoms with Gasteiger partial charge < -0.3 is 9.84 Å². The monoisotopic (exact) mass is 379 g/mol. The van der Waals surface area contributed by atoms with Crippen molar-refractivity contribution in [2.45, 2.75) is 32.6 Å². The lowest BCUT2D eigenvalue weighted by Gasteiger charge is -2.13. The topological polar surface area (TPSA) is 66.8 Å². The molecule has 1 saturated heterocycles. The number of nitrogens with zero attached hydrogens (tertiary/aromatic N) is 1. The molecule has 134 valence electrons. The van der Waals surface area contributed by atoms with Crippen molar-refractivity contribution in [3.05, 3.63) is 34.7 Å². The van der Waals surface area contributed by atoms with Gasteiger partial charge in [-0.3, -0.25) is 14.5 Å². The lowest BCUT2D eigenvalue weighted by atomic mass is 10.2. The Bertz CT molecular complexity index is 670. The molecule has 0 spiro atoms. The van der Waals surface area contributed by atoms with Crippen molar-refractivity contribution in [3.8, 4) is 5.75 Å². The molecule has 1 N–H and O–H groups in total. The Balaban J connectivity index is 1.91. The van der Waals surface area contributed by atoms with Crippen molar-refractivity contribution in [2.24, 2.45) is 0 Å². The van der Waals surface area contributed by atoms with Gasteiger partial charge in [-0.1, -0.05) is 42.5 Å². The van der Waals surface area contributed by atoms with E-state index >= 15 is 0 Å². The first kappa shape index (κ1) is 19.5. The van der Waals surface area contributed by atoms with Gasteiger partial charge in [-0.25, -0.2) is 0 Å². The number of amides is 1. The van der Waals surface area contributed by atoms with Gasteiger partial charge in [-0.2, -0.15) is 0 Å². The Kier molecular flexibility index (Phi) is 7.46. The van der Waals surface area contributed by atoms with Crippen molar-refractivity contribution in [3.63, 3.8) is 0 Å². The van der Waals surface area contributed by atoms with E-state index in [4.69, 9.17) is 22.1 Å². The van der Waals surface area contributed by atoms with Gasteiger partial charge in [0.1, 0.15) is 10.1 Å². The molecule has 1 fully saturated rings. The smallest absolute Gasteiger partial charge is 0.303 e. The van der Waals surface area contributed by atoms with E-state index in [0.717, 1.165) is 24.2 Å². The standard InChI is InChI=1S/C18H21NO4S2/c1-2-23-14-9-7-13(8-10-14)12-15-17(22)19(18(24)25-15)11-5-3-4-6-16(20)21/h7-10,12H,2-6,11H2,1H3,(H,20,21). The van der Waals surface area contributed by atoms with Gasteiger partial charge in [0.15, 0.2) is 0 Å². The molecule has 1 aliphatic heterocycles. The van der Waals surface area contributed by atoms with E-state index in [1.54, 1.807) is 4.90 Å². The molecule has 5 nitrogen and oxygen atoms in total. The van der Waals surface area contributed by atoms with Crippen LogP contribution in [-0.4, -0.2) is 39.4 Å². The van der Waals surface area contributed by atoms with Crippen molar-refractivity contribution in [2.75, 3.05) is 13.2 Å². The van der Waals surface area contributed by atoms with Crippen LogP contribution in [0, 0.1) is 0 Å². The number of thioether (sulfide) groups is 1. The highest BCUT2D eigenvalue weighted by molar-refractivity contribution is 8.26. The molecule has 1 aromatic carbocycles. The molecule has 0 aromatic heterocycles. The van der Waals surface area contributed by atoms with Crippen LogP contribution in [0.2, 0.25) is 0 Å². The summed E-state index contributed by atoms with van der Waals surface area (Å²) in [5, 5.41) is 8.63. The third kappa shape index (κ3) is 5.86. The molecular weight excluding hydrogens is 358 g/mol. The van der Waals surface area contributed by atoms with Crippen LogP contribution in [0.5, 0.6) is 5.75 Å². The Morgan fingerprint density at radius 2 is 2.00 bits per heavy atom. The fourth-order valence-corrected chi connectivity index (χ4v) is 3.70. The number of carbonyl (C=O) groups excluding carboxylic acids is 1. The minimum absolute atomic E-state index is 0.0814. The Morgan fingerprint density at radius 1 is 1.28 bits per heavy atom. The zero-order chi connectivity index (χ0) is 18.2. The van der Waals surface area contributed by atoms with Gasteiger partial charge in [-0.15, -0.1) is 0 Å². The summed E-state index contributed by atoms with van der Waals surface area (Å²) in [5.41, 5.74) is 0.922. The fraction of sp³-hybridized carbons (Fsp3) is 0.389. The predicted molar refractivity (Wildman–Crippen MR) is 104 cm³/mol. The second-order valence-electron chi connectivity index (χ2n) is 5.54. The van der Waals surface area contributed by atoms with Gasteiger partial charge in [0.2, 0.25) is 0 Å². The van der Waals surface area contributed by atoms with Crippen molar-refractivity contribution in [1.29, 1.82) is 0 Å². The first-order chi connectivity index (χ1) is 12.0. The molecule has 7 heteroatoms. The normalized spacial score (nSPS) is 15.9. The SMILES string of the molecule is CCOc1ccc(C=C2SC(=S)N(CCCCCC(=O)O)C2=O)cc1. The van der Waals surface area contributed by atoms with Crippen LogP contribution >= 0.6 is 24.0 Å². The Hall–Kier alpha value is -1.86. The highest BCUT2D eigenvalue weighted by Crippen LogP contribution is 2.33. The van der Waals surface area contributed by atoms with Gasteiger partial charge in [0, 0.05) is 13.0 Å². The molecule has 25 heavy (non-hydrogen) atoms. The first-order valence-electron chi connectivity index (χ1n) is 8.21. The quantitative estimate of drug-likeness (QED) is 0.398. The van der Waals surface area contributed by atoms with Crippen LogP contribution in [0.3, 0.4) is 0 Å². The third-order valence-corrected chi connectivity index (χ3v) is 5.01. The van der Waals surface area contributed by atoms with Gasteiger partial charge >= 0.3 is 5.97 Å². The fourth-order valence-electron chi connectivity index (χ4n) is 2.39. The molecule has 0 unspecified atom stereocenters. The number of aliphatic carboxylic acids is 1. The van der Waals surface area contributed by atoms with Gasteiger partial charge in [0.25, 0.3) is 5.91 Å². The second-order valence-corrected chi connectivity index (χ2v) is 7.22. The minimum Gasteiger partial charge on any atom is -0.494 e. The minimum atomic E-state index is -0.788. The third-order valence-electron chi connectivity index (χ3n) is 3.63. The molecule has 1 heterocycles. The van der Waals surface area contributed by atoms with Crippen LogP contribution in [0.15, 0.2) is 29.2 Å². The van der Waals surface area contributed by atoms with E-state index in [1.807, 2.05) is 37.3 Å². The Morgan fingerprint density at radius 3 is 2.64 bits per heavy atom. The number of unbranched alkanes of at least 4 members (excludes halogenated alkanes) is 2. The van der Waals surface area contributed by atoms with Crippen LogP contribution < -0.4 is 4.74 Å². The van der Waals surface area contributed by atoms with Crippen molar-refractivity contribution >= 4 is 46.3 Å². The number of carboxylic acid groups (broad SMARTS) is 1. The summed E-state index contributed by atoms with van der Waals surface area (Å²) < 4.78 is 5.96. The average Bonchev–Trinajstić information content (AvgIpc) is 2.83. The maximum atomic E-state index is 12.5. The Labute approximate surface area is 157 Å². The van der Waals surface area contributed by atoms with E-state index < -0.39 is 5.97 Å². The molecule has 1 amide bonds. The number of carboxylic acids is 1. The van der Waals surface area contributed by atoms with Crippen molar-refractivity contribution < 1.29 is 19.4 Å².